The Bertz CT molecular complexity index is 1330. The summed E-state index contributed by atoms with van der Waals surface area (Å²) >= 11 is 0. The molecule has 5 heterocycles. The maximum Gasteiger partial charge on any atom is 0.356 e. The van der Waals surface area contributed by atoms with Crippen molar-refractivity contribution >= 4 is 29.2 Å². The lowest BCUT2D eigenvalue weighted by Crippen LogP contribution is -2.44. The lowest BCUT2D eigenvalue weighted by Gasteiger charge is -2.26. The Morgan fingerprint density at radius 3 is 2.54 bits per heavy atom. The molecule has 11 nitrogen and oxygen atoms in total. The average molecular weight is 470 g/mol. The summed E-state index contributed by atoms with van der Waals surface area (Å²) in [5, 5.41) is 9.38. The van der Waals surface area contributed by atoms with Crippen molar-refractivity contribution in [3.63, 3.8) is 0 Å². The summed E-state index contributed by atoms with van der Waals surface area (Å²) in [4.78, 5) is 38.3. The molecule has 0 saturated carbocycles. The SMILES string of the molecule is Cc1cccc(-c2nccc(Nc3ccnc(Nc4ccc(C(=O)OCC5CNC5)nc4)n3)n2)n1. The summed E-state index contributed by atoms with van der Waals surface area (Å²) in [5.74, 6) is 1.94. The summed E-state index contributed by atoms with van der Waals surface area (Å²) in [7, 11) is 0. The van der Waals surface area contributed by atoms with Gasteiger partial charge in [0.05, 0.1) is 18.5 Å². The minimum atomic E-state index is -0.434. The van der Waals surface area contributed by atoms with Crippen LogP contribution in [0.25, 0.3) is 11.5 Å². The predicted molar refractivity (Wildman–Crippen MR) is 129 cm³/mol. The van der Waals surface area contributed by atoms with Crippen LogP contribution in [0.4, 0.5) is 23.3 Å². The van der Waals surface area contributed by atoms with Crippen molar-refractivity contribution in [1.82, 2.24) is 35.2 Å². The van der Waals surface area contributed by atoms with E-state index in [2.05, 4.69) is 45.9 Å². The zero-order valence-corrected chi connectivity index (χ0v) is 19.0. The molecule has 35 heavy (non-hydrogen) atoms. The first-order valence-corrected chi connectivity index (χ1v) is 11.1. The number of nitrogens with one attached hydrogen (secondary N) is 3. The van der Waals surface area contributed by atoms with Crippen molar-refractivity contribution in [3.8, 4) is 11.5 Å². The minimum Gasteiger partial charge on any atom is -0.461 e. The van der Waals surface area contributed by atoms with Gasteiger partial charge in [-0.25, -0.2) is 29.7 Å². The summed E-state index contributed by atoms with van der Waals surface area (Å²) in [6, 6.07) is 12.5. The second kappa shape index (κ2) is 10.2. The Morgan fingerprint density at radius 2 is 1.80 bits per heavy atom. The Balaban J connectivity index is 1.22. The molecule has 0 unspecified atom stereocenters. The fourth-order valence-corrected chi connectivity index (χ4v) is 3.29. The van der Waals surface area contributed by atoms with E-state index in [9.17, 15) is 4.79 Å². The van der Waals surface area contributed by atoms with E-state index in [1.807, 2.05) is 25.1 Å². The number of anilines is 4. The number of ether oxygens (including phenoxy) is 1. The molecular weight excluding hydrogens is 446 g/mol. The number of hydrogen-bond donors (Lipinski definition) is 3. The number of carbonyl (C=O) groups is 1. The molecule has 1 aliphatic heterocycles. The highest BCUT2D eigenvalue weighted by Crippen LogP contribution is 2.19. The van der Waals surface area contributed by atoms with Crippen LogP contribution in [-0.2, 0) is 4.74 Å². The predicted octanol–water partition coefficient (Wildman–Crippen LogP) is 2.90. The summed E-state index contributed by atoms with van der Waals surface area (Å²) in [6.45, 7) is 4.07. The van der Waals surface area contributed by atoms with Crippen LogP contribution in [-0.4, -0.2) is 55.6 Å². The van der Waals surface area contributed by atoms with Gasteiger partial charge in [0.15, 0.2) is 5.82 Å². The Labute approximate surface area is 201 Å². The maximum absolute atomic E-state index is 12.1. The first-order valence-electron chi connectivity index (χ1n) is 11.1. The highest BCUT2D eigenvalue weighted by molar-refractivity contribution is 5.87. The smallest absolute Gasteiger partial charge is 0.356 e. The summed E-state index contributed by atoms with van der Waals surface area (Å²) in [5.41, 5.74) is 2.47. The molecule has 0 aromatic carbocycles. The number of pyridine rings is 2. The topological polar surface area (TPSA) is 140 Å². The van der Waals surface area contributed by atoms with Gasteiger partial charge < -0.3 is 20.7 Å². The standard InChI is InChI=1S/C24H23N9O2/c1-15-3-2-4-18(29-15)22-26-9-7-20(32-22)31-21-8-10-27-24(33-21)30-17-5-6-19(28-13-17)23(34)35-14-16-11-25-12-16/h2-10,13,16,25H,11-12,14H2,1H3,(H2,26,27,30,31,32,33). The number of carbonyl (C=O) groups excluding carboxylic acids is 1. The largest absolute Gasteiger partial charge is 0.461 e. The second-order valence-electron chi connectivity index (χ2n) is 8.00. The molecule has 4 aromatic heterocycles. The van der Waals surface area contributed by atoms with Gasteiger partial charge in [-0.3, -0.25) is 0 Å². The van der Waals surface area contributed by atoms with Gasteiger partial charge in [0.25, 0.3) is 0 Å². The van der Waals surface area contributed by atoms with Gasteiger partial charge in [-0.1, -0.05) is 6.07 Å². The first-order chi connectivity index (χ1) is 17.1. The van der Waals surface area contributed by atoms with E-state index in [0.717, 1.165) is 18.8 Å². The third-order valence-electron chi connectivity index (χ3n) is 5.23. The lowest BCUT2D eigenvalue weighted by molar-refractivity contribution is 0.0391. The van der Waals surface area contributed by atoms with Gasteiger partial charge in [-0.2, -0.15) is 4.98 Å². The van der Waals surface area contributed by atoms with E-state index >= 15 is 0 Å². The number of aromatic nitrogens is 6. The molecule has 11 heteroatoms. The van der Waals surface area contributed by atoms with E-state index < -0.39 is 5.97 Å². The molecule has 0 bridgehead atoms. The van der Waals surface area contributed by atoms with E-state index in [1.54, 1.807) is 36.7 Å². The number of esters is 1. The van der Waals surface area contributed by atoms with Crippen LogP contribution in [0.5, 0.6) is 0 Å². The fraction of sp³-hybridized carbons (Fsp3) is 0.208. The first kappa shape index (κ1) is 22.3. The minimum absolute atomic E-state index is 0.252. The lowest BCUT2D eigenvalue weighted by atomic mass is 10.1. The van der Waals surface area contributed by atoms with Gasteiger partial charge in [0.1, 0.15) is 23.0 Å². The zero-order valence-electron chi connectivity index (χ0n) is 19.0. The third-order valence-corrected chi connectivity index (χ3v) is 5.23. The fourth-order valence-electron chi connectivity index (χ4n) is 3.29. The van der Waals surface area contributed by atoms with E-state index in [4.69, 9.17) is 4.74 Å². The Kier molecular flexibility index (Phi) is 6.48. The van der Waals surface area contributed by atoms with Crippen molar-refractivity contribution in [2.45, 2.75) is 6.92 Å². The molecule has 0 aliphatic carbocycles. The van der Waals surface area contributed by atoms with E-state index in [0.29, 0.717) is 47.3 Å². The van der Waals surface area contributed by atoms with Crippen molar-refractivity contribution in [1.29, 1.82) is 0 Å². The molecule has 0 radical (unpaired) electrons. The van der Waals surface area contributed by atoms with Crippen molar-refractivity contribution in [3.05, 3.63) is 72.4 Å². The molecule has 0 amide bonds. The van der Waals surface area contributed by atoms with Crippen molar-refractivity contribution < 1.29 is 9.53 Å². The van der Waals surface area contributed by atoms with Gasteiger partial charge in [-0.05, 0) is 43.3 Å². The molecule has 4 aromatic rings. The van der Waals surface area contributed by atoms with Crippen LogP contribution in [0.1, 0.15) is 16.2 Å². The molecule has 1 fully saturated rings. The van der Waals surface area contributed by atoms with Crippen LogP contribution < -0.4 is 16.0 Å². The molecular formula is C24H23N9O2. The Morgan fingerprint density at radius 1 is 0.971 bits per heavy atom. The van der Waals surface area contributed by atoms with Crippen LogP contribution in [0.3, 0.4) is 0 Å². The van der Waals surface area contributed by atoms with Crippen molar-refractivity contribution in [2.24, 2.45) is 5.92 Å². The number of hydrogen-bond acceptors (Lipinski definition) is 11. The third kappa shape index (κ3) is 5.71. The molecule has 0 spiro atoms. The van der Waals surface area contributed by atoms with Gasteiger partial charge in [0, 0.05) is 37.1 Å². The molecule has 1 aliphatic rings. The highest BCUT2D eigenvalue weighted by atomic mass is 16.5. The normalized spacial score (nSPS) is 13.1. The van der Waals surface area contributed by atoms with E-state index in [-0.39, 0.29) is 5.69 Å². The van der Waals surface area contributed by atoms with Crippen LogP contribution in [0.2, 0.25) is 0 Å². The number of nitrogens with zero attached hydrogens (tertiary/aromatic N) is 6. The van der Waals surface area contributed by atoms with Crippen LogP contribution >= 0.6 is 0 Å². The quantitative estimate of drug-likeness (QED) is 0.328. The molecule has 0 atom stereocenters. The molecule has 3 N–H and O–H groups in total. The number of rotatable bonds is 8. The molecule has 176 valence electrons. The summed E-state index contributed by atoms with van der Waals surface area (Å²) < 4.78 is 5.30. The number of aryl methyl sites for hydroxylation is 1. The Hall–Kier alpha value is -4.51. The van der Waals surface area contributed by atoms with Gasteiger partial charge in [0.2, 0.25) is 5.95 Å². The van der Waals surface area contributed by atoms with Crippen molar-refractivity contribution in [2.75, 3.05) is 30.3 Å². The van der Waals surface area contributed by atoms with Gasteiger partial charge in [-0.15, -0.1) is 0 Å². The van der Waals surface area contributed by atoms with E-state index in [1.165, 1.54) is 6.20 Å². The van der Waals surface area contributed by atoms with Crippen LogP contribution in [0.15, 0.2) is 61.1 Å². The summed E-state index contributed by atoms with van der Waals surface area (Å²) in [6.07, 6.45) is 4.82. The van der Waals surface area contributed by atoms with Gasteiger partial charge >= 0.3 is 5.97 Å². The highest BCUT2D eigenvalue weighted by Gasteiger charge is 2.19. The average Bonchev–Trinajstić information content (AvgIpc) is 2.84. The monoisotopic (exact) mass is 469 g/mol. The second-order valence-corrected chi connectivity index (χ2v) is 8.00. The van der Waals surface area contributed by atoms with Crippen LogP contribution in [0, 0.1) is 12.8 Å². The molecule has 1 saturated heterocycles. The molecule has 5 rings (SSSR count). The maximum atomic E-state index is 12.1. The zero-order chi connectivity index (χ0) is 24.0.